The van der Waals surface area contributed by atoms with Gasteiger partial charge in [-0.15, -0.1) is 0 Å². The molecule has 3 aromatic rings. The number of ether oxygens (including phenoxy) is 1. The van der Waals surface area contributed by atoms with Crippen LogP contribution < -0.4 is 4.74 Å². The van der Waals surface area contributed by atoms with Gasteiger partial charge in [0.1, 0.15) is 11.4 Å². The summed E-state index contributed by atoms with van der Waals surface area (Å²) in [5.41, 5.74) is 0.541. The molecule has 2 heterocycles. The van der Waals surface area contributed by atoms with Crippen LogP contribution in [0, 0.1) is 5.82 Å². The van der Waals surface area contributed by atoms with Crippen molar-refractivity contribution in [2.24, 2.45) is 0 Å². The molecule has 0 saturated carbocycles. The Labute approximate surface area is 124 Å². The molecule has 5 nitrogen and oxygen atoms in total. The first kappa shape index (κ1) is 13.8. The fraction of sp³-hybridized carbons (Fsp3) is 0.214. The normalized spacial score (nSPS) is 11.0. The van der Waals surface area contributed by atoms with Gasteiger partial charge < -0.3 is 9.15 Å². The first-order valence-corrected chi connectivity index (χ1v) is 6.77. The maximum absolute atomic E-state index is 13.2. The fourth-order valence-corrected chi connectivity index (χ4v) is 1.98. The van der Waals surface area contributed by atoms with Gasteiger partial charge in [0.15, 0.2) is 5.76 Å². The standard InChI is InChI=1S/C14H11ClFN3O2/c1-2-5-20-14-18-12(17-13(15)19-14)11-7-8-6-9(16)3-4-10(8)21-11/h3-4,6-7H,2,5H2,1H3. The summed E-state index contributed by atoms with van der Waals surface area (Å²) in [7, 11) is 0. The molecule has 0 fully saturated rings. The van der Waals surface area contributed by atoms with Gasteiger partial charge in [-0.05, 0) is 42.3 Å². The van der Waals surface area contributed by atoms with Crippen LogP contribution in [0.25, 0.3) is 22.6 Å². The Morgan fingerprint density at radius 3 is 2.90 bits per heavy atom. The summed E-state index contributed by atoms with van der Waals surface area (Å²) in [6.45, 7) is 2.45. The summed E-state index contributed by atoms with van der Waals surface area (Å²) in [6, 6.07) is 6.03. The van der Waals surface area contributed by atoms with Crippen molar-refractivity contribution in [1.82, 2.24) is 15.0 Å². The van der Waals surface area contributed by atoms with Crippen LogP contribution in [0.15, 0.2) is 28.7 Å². The highest BCUT2D eigenvalue weighted by Gasteiger charge is 2.13. The van der Waals surface area contributed by atoms with E-state index in [1.807, 2.05) is 6.92 Å². The second kappa shape index (κ2) is 5.65. The zero-order valence-corrected chi connectivity index (χ0v) is 11.9. The molecular formula is C14H11ClFN3O2. The topological polar surface area (TPSA) is 61.0 Å². The number of nitrogens with zero attached hydrogens (tertiary/aromatic N) is 3. The third-order valence-electron chi connectivity index (χ3n) is 2.72. The SMILES string of the molecule is CCCOc1nc(Cl)nc(-c2cc3cc(F)ccc3o2)n1. The molecule has 0 bridgehead atoms. The van der Waals surface area contributed by atoms with Crippen molar-refractivity contribution in [3.63, 3.8) is 0 Å². The quantitative estimate of drug-likeness (QED) is 0.732. The predicted octanol–water partition coefficient (Wildman–Crippen LogP) is 3.87. The van der Waals surface area contributed by atoms with E-state index in [4.69, 9.17) is 20.8 Å². The van der Waals surface area contributed by atoms with Crippen LogP contribution in [0.4, 0.5) is 4.39 Å². The van der Waals surface area contributed by atoms with E-state index in [1.54, 1.807) is 12.1 Å². The lowest BCUT2D eigenvalue weighted by molar-refractivity contribution is 0.291. The first-order chi connectivity index (χ1) is 10.2. The molecule has 2 aromatic heterocycles. The molecule has 7 heteroatoms. The molecule has 1 aromatic carbocycles. The van der Waals surface area contributed by atoms with Crippen molar-refractivity contribution >= 4 is 22.6 Å². The largest absolute Gasteiger partial charge is 0.463 e. The second-order valence-corrected chi connectivity index (χ2v) is 4.69. The van der Waals surface area contributed by atoms with E-state index >= 15 is 0 Å². The minimum atomic E-state index is -0.338. The lowest BCUT2D eigenvalue weighted by Crippen LogP contribution is -2.02. The van der Waals surface area contributed by atoms with Gasteiger partial charge in [0.25, 0.3) is 0 Å². The van der Waals surface area contributed by atoms with E-state index < -0.39 is 0 Å². The van der Waals surface area contributed by atoms with E-state index in [9.17, 15) is 4.39 Å². The Hall–Kier alpha value is -2.21. The third-order valence-corrected chi connectivity index (χ3v) is 2.89. The number of furan rings is 1. The summed E-state index contributed by atoms with van der Waals surface area (Å²) in [4.78, 5) is 12.0. The highest BCUT2D eigenvalue weighted by atomic mass is 35.5. The van der Waals surface area contributed by atoms with Crippen LogP contribution in [0.3, 0.4) is 0 Å². The zero-order valence-electron chi connectivity index (χ0n) is 11.1. The van der Waals surface area contributed by atoms with Crippen molar-refractivity contribution in [1.29, 1.82) is 0 Å². The maximum Gasteiger partial charge on any atom is 0.321 e. The summed E-state index contributed by atoms with van der Waals surface area (Å²) in [5, 5.41) is 0.635. The summed E-state index contributed by atoms with van der Waals surface area (Å²) < 4.78 is 24.1. The van der Waals surface area contributed by atoms with Crippen molar-refractivity contribution in [3.8, 4) is 17.6 Å². The number of aromatic nitrogens is 3. The lowest BCUT2D eigenvalue weighted by atomic mass is 10.2. The van der Waals surface area contributed by atoms with E-state index in [0.717, 1.165) is 6.42 Å². The van der Waals surface area contributed by atoms with Gasteiger partial charge in [-0.25, -0.2) is 4.39 Å². The van der Waals surface area contributed by atoms with Crippen LogP contribution in [0.5, 0.6) is 6.01 Å². The Kier molecular flexibility index (Phi) is 3.70. The smallest absolute Gasteiger partial charge is 0.321 e. The number of hydrogen-bond donors (Lipinski definition) is 0. The molecule has 0 unspecified atom stereocenters. The van der Waals surface area contributed by atoms with Gasteiger partial charge in [0.2, 0.25) is 11.1 Å². The number of benzene rings is 1. The monoisotopic (exact) mass is 307 g/mol. The van der Waals surface area contributed by atoms with Gasteiger partial charge in [0.05, 0.1) is 6.61 Å². The average molecular weight is 308 g/mol. The second-order valence-electron chi connectivity index (χ2n) is 4.35. The van der Waals surface area contributed by atoms with E-state index in [2.05, 4.69) is 15.0 Å². The summed E-state index contributed by atoms with van der Waals surface area (Å²) >= 11 is 5.86. The molecule has 108 valence electrons. The first-order valence-electron chi connectivity index (χ1n) is 6.39. The summed E-state index contributed by atoms with van der Waals surface area (Å²) in [5.74, 6) is 0.287. The predicted molar refractivity (Wildman–Crippen MR) is 75.8 cm³/mol. The number of rotatable bonds is 4. The Morgan fingerprint density at radius 2 is 2.10 bits per heavy atom. The fourth-order valence-electron chi connectivity index (χ4n) is 1.82. The third kappa shape index (κ3) is 2.95. The molecule has 3 rings (SSSR count). The molecule has 0 aliphatic heterocycles. The minimum Gasteiger partial charge on any atom is -0.463 e. The zero-order chi connectivity index (χ0) is 14.8. The van der Waals surface area contributed by atoms with E-state index in [0.29, 0.717) is 23.3 Å². The molecule has 0 radical (unpaired) electrons. The van der Waals surface area contributed by atoms with Gasteiger partial charge in [-0.1, -0.05) is 6.92 Å². The molecule has 0 aliphatic carbocycles. The lowest BCUT2D eigenvalue weighted by Gasteiger charge is -2.03. The highest BCUT2D eigenvalue weighted by molar-refractivity contribution is 6.28. The Bertz CT molecular complexity index is 791. The highest BCUT2D eigenvalue weighted by Crippen LogP contribution is 2.27. The molecule has 0 amide bonds. The van der Waals surface area contributed by atoms with Gasteiger partial charge in [-0.3, -0.25) is 0 Å². The molecule has 0 spiro atoms. The number of fused-ring (bicyclic) bond motifs is 1. The van der Waals surface area contributed by atoms with Gasteiger partial charge in [-0.2, -0.15) is 15.0 Å². The van der Waals surface area contributed by atoms with Crippen molar-refractivity contribution in [2.75, 3.05) is 6.61 Å². The van der Waals surface area contributed by atoms with Gasteiger partial charge in [0, 0.05) is 5.39 Å². The van der Waals surface area contributed by atoms with Crippen LogP contribution >= 0.6 is 11.6 Å². The molecule has 0 aliphatic rings. The van der Waals surface area contributed by atoms with Crippen LogP contribution in [0.2, 0.25) is 5.28 Å². The maximum atomic E-state index is 13.2. The molecule has 0 saturated heterocycles. The van der Waals surface area contributed by atoms with Crippen LogP contribution in [0.1, 0.15) is 13.3 Å². The van der Waals surface area contributed by atoms with Crippen molar-refractivity contribution in [2.45, 2.75) is 13.3 Å². The van der Waals surface area contributed by atoms with Crippen LogP contribution in [-0.4, -0.2) is 21.6 Å². The molecule has 0 N–H and O–H groups in total. The van der Waals surface area contributed by atoms with Crippen LogP contribution in [-0.2, 0) is 0 Å². The minimum absolute atomic E-state index is 0.0118. The molecule has 21 heavy (non-hydrogen) atoms. The average Bonchev–Trinajstić information content (AvgIpc) is 2.87. The Balaban J connectivity index is 2.02. The number of hydrogen-bond acceptors (Lipinski definition) is 5. The van der Waals surface area contributed by atoms with E-state index in [-0.39, 0.29) is 22.9 Å². The molecular weight excluding hydrogens is 297 g/mol. The number of halogens is 2. The summed E-state index contributed by atoms with van der Waals surface area (Å²) in [6.07, 6.45) is 0.822. The molecule has 0 atom stereocenters. The van der Waals surface area contributed by atoms with Crippen molar-refractivity contribution < 1.29 is 13.5 Å². The van der Waals surface area contributed by atoms with Crippen molar-refractivity contribution in [3.05, 3.63) is 35.4 Å². The Morgan fingerprint density at radius 1 is 1.24 bits per heavy atom. The van der Waals surface area contributed by atoms with E-state index in [1.165, 1.54) is 12.1 Å². The van der Waals surface area contributed by atoms with Gasteiger partial charge >= 0.3 is 6.01 Å².